The Labute approximate surface area is 121 Å². The zero-order valence-electron chi connectivity index (χ0n) is 11.0. The summed E-state index contributed by atoms with van der Waals surface area (Å²) in [6.45, 7) is 0.925. The summed E-state index contributed by atoms with van der Waals surface area (Å²) in [4.78, 5) is 23.3. The van der Waals surface area contributed by atoms with Gasteiger partial charge in [-0.1, -0.05) is 30.3 Å². The molecule has 0 aliphatic heterocycles. The molecule has 1 aromatic carbocycles. The maximum absolute atomic E-state index is 12.0. The normalized spacial score (nSPS) is 10.5. The molecule has 0 amide bonds. The van der Waals surface area contributed by atoms with Gasteiger partial charge in [0.25, 0.3) is 11.0 Å². The monoisotopic (exact) mass is 291 g/mol. The summed E-state index contributed by atoms with van der Waals surface area (Å²) in [6, 6.07) is 11.2. The Bertz CT molecular complexity index is 619. The van der Waals surface area contributed by atoms with Crippen molar-refractivity contribution in [1.82, 2.24) is 4.57 Å². The van der Waals surface area contributed by atoms with Gasteiger partial charge >= 0.3 is 0 Å². The van der Waals surface area contributed by atoms with Crippen LogP contribution in [-0.4, -0.2) is 29.3 Å². The highest BCUT2D eigenvalue weighted by molar-refractivity contribution is 6.83. The van der Waals surface area contributed by atoms with Crippen molar-refractivity contribution < 1.29 is 14.3 Å². The number of benzene rings is 1. The summed E-state index contributed by atoms with van der Waals surface area (Å²) in [5.41, 5.74) is 1.86. The van der Waals surface area contributed by atoms with Gasteiger partial charge in [0.2, 0.25) is 0 Å². The number of rotatable bonds is 6. The molecular formula is C15H14ClNO3. The fraction of sp³-hybridized carbons (Fsp3) is 0.200. The van der Waals surface area contributed by atoms with Crippen molar-refractivity contribution in [3.8, 4) is 11.1 Å². The van der Waals surface area contributed by atoms with E-state index < -0.39 is 11.0 Å². The molecule has 20 heavy (non-hydrogen) atoms. The van der Waals surface area contributed by atoms with Gasteiger partial charge in [0.15, 0.2) is 0 Å². The largest absolute Gasteiger partial charge is 0.383 e. The van der Waals surface area contributed by atoms with Gasteiger partial charge in [0, 0.05) is 25.4 Å². The number of hydrogen-bond donors (Lipinski definition) is 0. The Morgan fingerprint density at radius 3 is 2.50 bits per heavy atom. The number of aromatic nitrogens is 1. The Balaban J connectivity index is 2.49. The van der Waals surface area contributed by atoms with E-state index in [0.29, 0.717) is 24.4 Å². The number of carbonyl (C=O) groups is 2. The highest BCUT2D eigenvalue weighted by atomic mass is 35.5. The average Bonchev–Trinajstić information content (AvgIpc) is 2.88. The minimum Gasteiger partial charge on any atom is -0.383 e. The van der Waals surface area contributed by atoms with Gasteiger partial charge in [-0.2, -0.15) is 0 Å². The van der Waals surface area contributed by atoms with E-state index in [9.17, 15) is 9.59 Å². The molecule has 0 aliphatic rings. The van der Waals surface area contributed by atoms with Crippen LogP contribution in [0.4, 0.5) is 0 Å². The standard InChI is InChI=1S/C15H14ClNO3/c1-20-10-9-17-8-7-12(11-5-3-2-4-6-11)13(17)14(18)15(16)19/h2-8H,9-10H2,1H3. The van der Waals surface area contributed by atoms with E-state index in [1.807, 2.05) is 30.3 Å². The summed E-state index contributed by atoms with van der Waals surface area (Å²) in [5, 5.41) is -0.987. The van der Waals surface area contributed by atoms with Gasteiger partial charge in [-0.05, 0) is 23.2 Å². The number of nitrogens with zero attached hydrogens (tertiary/aromatic N) is 1. The van der Waals surface area contributed by atoms with Gasteiger partial charge < -0.3 is 9.30 Å². The van der Waals surface area contributed by atoms with Crippen LogP contribution < -0.4 is 0 Å². The molecular weight excluding hydrogens is 278 g/mol. The minimum absolute atomic E-state index is 0.299. The summed E-state index contributed by atoms with van der Waals surface area (Å²) in [6.07, 6.45) is 1.76. The van der Waals surface area contributed by atoms with Crippen molar-refractivity contribution in [2.45, 2.75) is 6.54 Å². The van der Waals surface area contributed by atoms with Gasteiger partial charge in [-0.25, -0.2) is 0 Å². The van der Waals surface area contributed by atoms with Gasteiger partial charge in [-0.3, -0.25) is 9.59 Å². The number of methoxy groups -OCH3 is 1. The third-order valence-electron chi connectivity index (χ3n) is 2.98. The Hall–Kier alpha value is -1.91. The van der Waals surface area contributed by atoms with E-state index >= 15 is 0 Å². The van der Waals surface area contributed by atoms with Crippen molar-refractivity contribution in [2.24, 2.45) is 0 Å². The van der Waals surface area contributed by atoms with Gasteiger partial charge in [0.1, 0.15) is 5.69 Å². The molecule has 0 atom stereocenters. The zero-order valence-corrected chi connectivity index (χ0v) is 11.8. The van der Waals surface area contributed by atoms with E-state index in [1.54, 1.807) is 23.9 Å². The highest BCUT2D eigenvalue weighted by Crippen LogP contribution is 2.25. The highest BCUT2D eigenvalue weighted by Gasteiger charge is 2.22. The third kappa shape index (κ3) is 2.98. The summed E-state index contributed by atoms with van der Waals surface area (Å²) >= 11 is 5.35. The van der Waals surface area contributed by atoms with E-state index in [-0.39, 0.29) is 0 Å². The smallest absolute Gasteiger partial charge is 0.294 e. The summed E-state index contributed by atoms with van der Waals surface area (Å²) in [7, 11) is 1.58. The van der Waals surface area contributed by atoms with Crippen LogP contribution in [0.3, 0.4) is 0 Å². The molecule has 4 nitrogen and oxygen atoms in total. The lowest BCUT2D eigenvalue weighted by molar-refractivity contribution is -0.108. The van der Waals surface area contributed by atoms with Crippen molar-refractivity contribution in [2.75, 3.05) is 13.7 Å². The number of ketones is 1. The van der Waals surface area contributed by atoms with Crippen LogP contribution in [0, 0.1) is 0 Å². The average molecular weight is 292 g/mol. The Morgan fingerprint density at radius 2 is 1.90 bits per heavy atom. The lowest BCUT2D eigenvalue weighted by atomic mass is 10.0. The minimum atomic E-state index is -0.987. The van der Waals surface area contributed by atoms with Crippen molar-refractivity contribution in [1.29, 1.82) is 0 Å². The third-order valence-corrected chi connectivity index (χ3v) is 3.15. The first-order valence-corrected chi connectivity index (χ1v) is 6.50. The van der Waals surface area contributed by atoms with E-state index in [1.165, 1.54) is 0 Å². The van der Waals surface area contributed by atoms with Crippen molar-refractivity contribution in [3.05, 3.63) is 48.3 Å². The number of halogens is 1. The molecule has 0 aliphatic carbocycles. The van der Waals surface area contributed by atoms with E-state index in [0.717, 1.165) is 5.56 Å². The number of carbonyl (C=O) groups excluding carboxylic acids is 2. The predicted molar refractivity (Wildman–Crippen MR) is 76.9 cm³/mol. The van der Waals surface area contributed by atoms with Crippen LogP contribution >= 0.6 is 11.6 Å². The molecule has 0 unspecified atom stereocenters. The fourth-order valence-corrected chi connectivity index (χ4v) is 2.13. The second kappa shape index (κ2) is 6.50. The van der Waals surface area contributed by atoms with E-state index in [2.05, 4.69) is 0 Å². The second-order valence-corrected chi connectivity index (χ2v) is 4.58. The first kappa shape index (κ1) is 14.5. The molecule has 0 spiro atoms. The molecule has 0 radical (unpaired) electrons. The molecule has 5 heteroatoms. The maximum atomic E-state index is 12.0. The maximum Gasteiger partial charge on any atom is 0.294 e. The zero-order chi connectivity index (χ0) is 14.5. The molecule has 2 rings (SSSR count). The molecule has 2 aromatic rings. The van der Waals surface area contributed by atoms with Crippen LogP contribution in [-0.2, 0) is 16.1 Å². The van der Waals surface area contributed by atoms with Crippen LogP contribution in [0.2, 0.25) is 0 Å². The number of hydrogen-bond acceptors (Lipinski definition) is 3. The quantitative estimate of drug-likeness (QED) is 0.467. The molecule has 0 saturated heterocycles. The van der Waals surface area contributed by atoms with Crippen molar-refractivity contribution >= 4 is 22.6 Å². The lowest BCUT2D eigenvalue weighted by Gasteiger charge is -2.08. The molecule has 1 heterocycles. The fourth-order valence-electron chi connectivity index (χ4n) is 2.05. The van der Waals surface area contributed by atoms with Crippen LogP contribution in [0.5, 0.6) is 0 Å². The topological polar surface area (TPSA) is 48.3 Å². The number of ether oxygens (including phenoxy) is 1. The molecule has 0 bridgehead atoms. The SMILES string of the molecule is COCCn1ccc(-c2ccccc2)c1C(=O)C(=O)Cl. The van der Waals surface area contributed by atoms with Crippen LogP contribution in [0.25, 0.3) is 11.1 Å². The summed E-state index contributed by atoms with van der Waals surface area (Å²) < 4.78 is 6.69. The predicted octanol–water partition coefficient (Wildman–Crippen LogP) is 2.75. The Morgan fingerprint density at radius 1 is 1.20 bits per heavy atom. The van der Waals surface area contributed by atoms with Crippen LogP contribution in [0.1, 0.15) is 10.5 Å². The molecule has 104 valence electrons. The van der Waals surface area contributed by atoms with Gasteiger partial charge in [-0.15, -0.1) is 0 Å². The van der Waals surface area contributed by atoms with Gasteiger partial charge in [0.05, 0.1) is 6.61 Å². The Kier molecular flexibility index (Phi) is 4.71. The van der Waals surface area contributed by atoms with E-state index in [4.69, 9.17) is 16.3 Å². The second-order valence-electron chi connectivity index (χ2n) is 4.23. The first-order chi connectivity index (χ1) is 9.65. The molecule has 1 aromatic heterocycles. The van der Waals surface area contributed by atoms with Crippen molar-refractivity contribution in [3.63, 3.8) is 0 Å². The molecule has 0 fully saturated rings. The molecule has 0 N–H and O–H groups in total. The lowest BCUT2D eigenvalue weighted by Crippen LogP contribution is -2.16. The number of Topliss-reactive ketones (excluding diaryl/α,β-unsaturated/α-hetero) is 1. The molecule has 0 saturated carbocycles. The summed E-state index contributed by atoms with van der Waals surface area (Å²) in [5.74, 6) is -0.702. The van der Waals surface area contributed by atoms with Crippen LogP contribution in [0.15, 0.2) is 42.6 Å². The first-order valence-electron chi connectivity index (χ1n) is 6.12.